The number of benzene rings is 1. The van der Waals surface area contributed by atoms with Gasteiger partial charge in [-0.25, -0.2) is 4.99 Å². The lowest BCUT2D eigenvalue weighted by atomic mass is 10.0. The van der Waals surface area contributed by atoms with E-state index in [0.717, 1.165) is 76.9 Å². The van der Waals surface area contributed by atoms with E-state index in [4.69, 9.17) is 23.9 Å². The summed E-state index contributed by atoms with van der Waals surface area (Å²) >= 11 is 0. The Labute approximate surface area is 211 Å². The number of ether oxygens (including phenoxy) is 4. The summed E-state index contributed by atoms with van der Waals surface area (Å²) < 4.78 is 22.2. The van der Waals surface area contributed by atoms with Crippen molar-refractivity contribution in [2.75, 3.05) is 59.3 Å². The van der Waals surface area contributed by atoms with Crippen LogP contribution in [0.2, 0.25) is 0 Å². The van der Waals surface area contributed by atoms with Crippen LogP contribution in [0.4, 0.5) is 0 Å². The molecule has 0 bridgehead atoms. The Morgan fingerprint density at radius 3 is 2.59 bits per heavy atom. The van der Waals surface area contributed by atoms with Gasteiger partial charge in [0.1, 0.15) is 0 Å². The minimum absolute atomic E-state index is 0. The molecule has 2 N–H and O–H groups in total. The molecule has 7 nitrogen and oxygen atoms in total. The third kappa shape index (κ3) is 13.6. The van der Waals surface area contributed by atoms with Crippen LogP contribution >= 0.6 is 24.0 Å². The zero-order valence-electron chi connectivity index (χ0n) is 19.8. The maximum atomic E-state index is 5.84. The third-order valence-electron chi connectivity index (χ3n) is 5.05. The molecule has 1 fully saturated rings. The van der Waals surface area contributed by atoms with Crippen LogP contribution in [-0.4, -0.2) is 65.3 Å². The number of nitrogens with one attached hydrogen (secondary N) is 2. The highest BCUT2D eigenvalue weighted by Gasteiger charge is 2.13. The summed E-state index contributed by atoms with van der Waals surface area (Å²) in [6.45, 7) is 12.3. The third-order valence-corrected chi connectivity index (χ3v) is 5.05. The Kier molecular flexibility index (Phi) is 17.7. The van der Waals surface area contributed by atoms with Gasteiger partial charge in [0.05, 0.1) is 26.4 Å². The van der Waals surface area contributed by atoms with Crippen LogP contribution in [0.1, 0.15) is 44.2 Å². The van der Waals surface area contributed by atoms with E-state index in [1.54, 1.807) is 0 Å². The molecule has 1 aromatic carbocycles. The van der Waals surface area contributed by atoms with E-state index in [1.807, 2.05) is 6.92 Å². The number of guanidine groups is 1. The molecule has 0 aromatic heterocycles. The second-order valence-electron chi connectivity index (χ2n) is 7.68. The lowest BCUT2D eigenvalue weighted by molar-refractivity contribution is 0.0203. The predicted octanol–water partition coefficient (Wildman–Crippen LogP) is 3.75. The molecular weight excluding hydrogens is 521 g/mol. The average molecular weight is 564 g/mol. The van der Waals surface area contributed by atoms with Crippen LogP contribution in [0.3, 0.4) is 0 Å². The van der Waals surface area contributed by atoms with Gasteiger partial charge in [-0.1, -0.05) is 24.3 Å². The SMILES string of the molecule is CCNC(=NCc1cccc(COCCOCC)c1)NCCCOCC1CCOCC1.I. The number of rotatable bonds is 15. The van der Waals surface area contributed by atoms with E-state index in [-0.39, 0.29) is 24.0 Å². The summed E-state index contributed by atoms with van der Waals surface area (Å²) in [5.74, 6) is 1.50. The summed E-state index contributed by atoms with van der Waals surface area (Å²) in [4.78, 5) is 4.72. The lowest BCUT2D eigenvalue weighted by Crippen LogP contribution is -2.38. The molecule has 0 unspecified atom stereocenters. The van der Waals surface area contributed by atoms with Crippen molar-refractivity contribution in [3.63, 3.8) is 0 Å². The molecular formula is C24H42IN3O4. The van der Waals surface area contributed by atoms with Crippen molar-refractivity contribution < 1.29 is 18.9 Å². The molecule has 0 spiro atoms. The Morgan fingerprint density at radius 2 is 1.81 bits per heavy atom. The van der Waals surface area contributed by atoms with Crippen molar-refractivity contribution in [1.82, 2.24) is 10.6 Å². The zero-order chi connectivity index (χ0) is 22.0. The van der Waals surface area contributed by atoms with Crippen LogP contribution in [0.5, 0.6) is 0 Å². The molecule has 2 rings (SSSR count). The maximum Gasteiger partial charge on any atom is 0.191 e. The van der Waals surface area contributed by atoms with Crippen LogP contribution in [-0.2, 0) is 32.1 Å². The molecule has 32 heavy (non-hydrogen) atoms. The predicted molar refractivity (Wildman–Crippen MR) is 140 cm³/mol. The first-order valence-corrected chi connectivity index (χ1v) is 11.7. The van der Waals surface area contributed by atoms with Crippen molar-refractivity contribution in [2.45, 2.75) is 46.3 Å². The summed E-state index contributed by atoms with van der Waals surface area (Å²) in [6.07, 6.45) is 3.20. The Morgan fingerprint density at radius 1 is 1.03 bits per heavy atom. The molecule has 8 heteroatoms. The topological polar surface area (TPSA) is 73.3 Å². The van der Waals surface area contributed by atoms with Gasteiger partial charge >= 0.3 is 0 Å². The van der Waals surface area contributed by atoms with Crippen molar-refractivity contribution in [3.05, 3.63) is 35.4 Å². The zero-order valence-corrected chi connectivity index (χ0v) is 22.1. The first-order chi connectivity index (χ1) is 15.3. The van der Waals surface area contributed by atoms with Gasteiger partial charge in [0, 0.05) is 46.1 Å². The van der Waals surface area contributed by atoms with Crippen LogP contribution in [0.15, 0.2) is 29.3 Å². The fourth-order valence-corrected chi connectivity index (χ4v) is 3.33. The van der Waals surface area contributed by atoms with Gasteiger partial charge in [-0.05, 0) is 50.2 Å². The van der Waals surface area contributed by atoms with E-state index in [9.17, 15) is 0 Å². The van der Waals surface area contributed by atoms with E-state index >= 15 is 0 Å². The fraction of sp³-hybridized carbons (Fsp3) is 0.708. The standard InChI is InChI=1S/C24H41N3O4.HI/c1-3-25-24(26-11-6-12-30-19-21-9-13-29-14-10-21)27-18-22-7-5-8-23(17-22)20-31-16-15-28-4-2;/h5,7-8,17,21H,3-4,6,9-16,18-20H2,1-2H3,(H2,25,26,27);1H. The Bertz CT molecular complexity index is 613. The molecule has 1 heterocycles. The van der Waals surface area contributed by atoms with Gasteiger partial charge in [-0.15, -0.1) is 24.0 Å². The molecule has 0 aliphatic carbocycles. The lowest BCUT2D eigenvalue weighted by Gasteiger charge is -2.21. The smallest absolute Gasteiger partial charge is 0.191 e. The van der Waals surface area contributed by atoms with Gasteiger partial charge in [0.2, 0.25) is 0 Å². The molecule has 0 atom stereocenters. The average Bonchev–Trinajstić information content (AvgIpc) is 2.80. The molecule has 1 aromatic rings. The summed E-state index contributed by atoms with van der Waals surface area (Å²) in [5, 5.41) is 6.71. The van der Waals surface area contributed by atoms with Crippen molar-refractivity contribution in [1.29, 1.82) is 0 Å². The highest BCUT2D eigenvalue weighted by atomic mass is 127. The molecule has 0 radical (unpaired) electrons. The Hall–Kier alpha value is -0.940. The van der Waals surface area contributed by atoms with Crippen molar-refractivity contribution in [2.24, 2.45) is 10.9 Å². The second kappa shape index (κ2) is 19.5. The van der Waals surface area contributed by atoms with Crippen LogP contribution in [0, 0.1) is 5.92 Å². The highest BCUT2D eigenvalue weighted by Crippen LogP contribution is 2.14. The summed E-state index contributed by atoms with van der Waals surface area (Å²) in [6, 6.07) is 8.39. The van der Waals surface area contributed by atoms with E-state index in [0.29, 0.717) is 32.3 Å². The number of hydrogen-bond donors (Lipinski definition) is 2. The largest absolute Gasteiger partial charge is 0.381 e. The number of aliphatic imine (C=N–C) groups is 1. The van der Waals surface area contributed by atoms with Crippen molar-refractivity contribution in [3.8, 4) is 0 Å². The molecule has 184 valence electrons. The molecule has 1 saturated heterocycles. The van der Waals surface area contributed by atoms with Gasteiger partial charge in [-0.3, -0.25) is 0 Å². The highest BCUT2D eigenvalue weighted by molar-refractivity contribution is 14.0. The number of hydrogen-bond acceptors (Lipinski definition) is 5. The van der Waals surface area contributed by atoms with E-state index < -0.39 is 0 Å². The second-order valence-corrected chi connectivity index (χ2v) is 7.68. The van der Waals surface area contributed by atoms with Gasteiger partial charge in [0.15, 0.2) is 5.96 Å². The number of halogens is 1. The maximum absolute atomic E-state index is 5.84. The van der Waals surface area contributed by atoms with Crippen molar-refractivity contribution >= 4 is 29.9 Å². The molecule has 1 aliphatic heterocycles. The molecule has 0 saturated carbocycles. The van der Waals surface area contributed by atoms with Crippen LogP contribution < -0.4 is 10.6 Å². The van der Waals surface area contributed by atoms with Gasteiger partial charge < -0.3 is 29.6 Å². The number of nitrogens with zero attached hydrogens (tertiary/aromatic N) is 1. The quantitative estimate of drug-likeness (QED) is 0.147. The first-order valence-electron chi connectivity index (χ1n) is 11.7. The molecule has 1 aliphatic rings. The first kappa shape index (κ1) is 29.1. The van der Waals surface area contributed by atoms with E-state index in [1.165, 1.54) is 5.56 Å². The molecule has 0 amide bonds. The minimum atomic E-state index is 0. The fourth-order valence-electron chi connectivity index (χ4n) is 3.33. The normalized spacial score (nSPS) is 14.8. The van der Waals surface area contributed by atoms with Crippen LogP contribution in [0.25, 0.3) is 0 Å². The monoisotopic (exact) mass is 563 g/mol. The van der Waals surface area contributed by atoms with Gasteiger partial charge in [0.25, 0.3) is 0 Å². The van der Waals surface area contributed by atoms with Gasteiger partial charge in [-0.2, -0.15) is 0 Å². The minimum Gasteiger partial charge on any atom is -0.381 e. The summed E-state index contributed by atoms with van der Waals surface area (Å²) in [5.41, 5.74) is 2.33. The van der Waals surface area contributed by atoms with E-state index in [2.05, 4.69) is 41.8 Å². The Balaban J connectivity index is 0.00000512. The summed E-state index contributed by atoms with van der Waals surface area (Å²) in [7, 11) is 0.